The monoisotopic (exact) mass is 217 g/mol. The number of phenolic OH excluding ortho intramolecular Hbond substituents is 3. The molecule has 4 nitrogen and oxygen atoms in total. The molecule has 0 radical (unpaired) electrons. The minimum atomic E-state index is -0.307. The van der Waals surface area contributed by atoms with Crippen LogP contribution in [0.4, 0.5) is 5.69 Å². The Bertz CT molecular complexity index is 538. The molecule has 0 saturated heterocycles. The predicted octanol–water partition coefficient (Wildman–Crippen LogP) is 2.05. The molecule has 0 aliphatic carbocycles. The van der Waals surface area contributed by atoms with Crippen molar-refractivity contribution in [3.05, 3.63) is 36.4 Å². The summed E-state index contributed by atoms with van der Waals surface area (Å²) in [4.78, 5) is 0. The molecule has 0 aromatic heterocycles. The summed E-state index contributed by atoms with van der Waals surface area (Å²) in [5, 5.41) is 28.7. The van der Waals surface area contributed by atoms with E-state index in [1.807, 2.05) is 0 Å². The molecule has 0 saturated carbocycles. The average Bonchev–Trinajstić information content (AvgIpc) is 2.24. The largest absolute Gasteiger partial charge is 0.507 e. The number of anilines is 1. The van der Waals surface area contributed by atoms with Crippen LogP contribution < -0.4 is 5.73 Å². The molecular formula is C12H11NO3. The summed E-state index contributed by atoms with van der Waals surface area (Å²) in [5.41, 5.74) is 6.60. The molecule has 2 aromatic carbocycles. The summed E-state index contributed by atoms with van der Waals surface area (Å²) in [5.74, 6) is -0.586. The third-order valence-electron chi connectivity index (χ3n) is 2.31. The fourth-order valence-corrected chi connectivity index (χ4v) is 1.55. The maximum atomic E-state index is 9.68. The quantitative estimate of drug-likeness (QED) is 0.334. The molecule has 5 N–H and O–H groups in total. The van der Waals surface area contributed by atoms with E-state index in [1.54, 1.807) is 18.2 Å². The predicted molar refractivity (Wildman–Crippen MR) is 61.3 cm³/mol. The molecule has 0 aliphatic rings. The van der Waals surface area contributed by atoms with Gasteiger partial charge in [-0.3, -0.25) is 0 Å². The van der Waals surface area contributed by atoms with Crippen LogP contribution in [0.2, 0.25) is 0 Å². The number of phenols is 3. The minimum absolute atomic E-state index is 0.0165. The topological polar surface area (TPSA) is 86.7 Å². The van der Waals surface area contributed by atoms with Crippen molar-refractivity contribution in [1.82, 2.24) is 0 Å². The van der Waals surface area contributed by atoms with Gasteiger partial charge in [0.25, 0.3) is 0 Å². The smallest absolute Gasteiger partial charge is 0.165 e. The van der Waals surface area contributed by atoms with Crippen molar-refractivity contribution in [2.45, 2.75) is 0 Å². The van der Waals surface area contributed by atoms with Gasteiger partial charge in [-0.15, -0.1) is 0 Å². The standard InChI is InChI=1S/C12H11NO3/c13-7-5-9(12(16)11(15)6-7)8-3-1-2-4-10(8)14/h1-6,14-16H,13H2. The van der Waals surface area contributed by atoms with Crippen molar-refractivity contribution >= 4 is 5.69 Å². The van der Waals surface area contributed by atoms with Gasteiger partial charge in [-0.05, 0) is 12.1 Å². The molecule has 2 aromatic rings. The van der Waals surface area contributed by atoms with Crippen LogP contribution in [0.1, 0.15) is 0 Å². The summed E-state index contributed by atoms with van der Waals surface area (Å²) in [6.45, 7) is 0. The molecule has 16 heavy (non-hydrogen) atoms. The van der Waals surface area contributed by atoms with Crippen LogP contribution >= 0.6 is 0 Å². The van der Waals surface area contributed by atoms with E-state index in [-0.39, 0.29) is 17.2 Å². The molecule has 82 valence electrons. The first-order chi connectivity index (χ1) is 7.59. The molecule has 4 heteroatoms. The third kappa shape index (κ3) is 1.61. The molecule has 0 bridgehead atoms. The van der Waals surface area contributed by atoms with E-state index >= 15 is 0 Å². The van der Waals surface area contributed by atoms with Crippen LogP contribution in [-0.2, 0) is 0 Å². The van der Waals surface area contributed by atoms with Crippen molar-refractivity contribution in [3.8, 4) is 28.4 Å². The fraction of sp³-hybridized carbons (Fsp3) is 0. The van der Waals surface area contributed by atoms with Crippen LogP contribution in [0.25, 0.3) is 11.1 Å². The first-order valence-corrected chi connectivity index (χ1v) is 4.69. The van der Waals surface area contributed by atoms with Crippen LogP contribution in [0.5, 0.6) is 17.2 Å². The van der Waals surface area contributed by atoms with Crippen molar-refractivity contribution in [2.75, 3.05) is 5.73 Å². The lowest BCUT2D eigenvalue weighted by molar-refractivity contribution is 0.405. The summed E-state index contributed by atoms with van der Waals surface area (Å²) in [7, 11) is 0. The second kappa shape index (κ2) is 3.66. The van der Waals surface area contributed by atoms with Crippen molar-refractivity contribution < 1.29 is 15.3 Å². The SMILES string of the molecule is Nc1cc(O)c(O)c(-c2ccccc2O)c1. The highest BCUT2D eigenvalue weighted by atomic mass is 16.3. The number of rotatable bonds is 1. The van der Waals surface area contributed by atoms with Gasteiger partial charge in [-0.1, -0.05) is 18.2 Å². The van der Waals surface area contributed by atoms with Crippen LogP contribution in [0.3, 0.4) is 0 Å². The molecule has 0 heterocycles. The van der Waals surface area contributed by atoms with E-state index in [0.29, 0.717) is 16.8 Å². The van der Waals surface area contributed by atoms with Crippen LogP contribution in [0.15, 0.2) is 36.4 Å². The van der Waals surface area contributed by atoms with Crippen molar-refractivity contribution in [3.63, 3.8) is 0 Å². The average molecular weight is 217 g/mol. The molecule has 0 aliphatic heterocycles. The number of hydrogen-bond acceptors (Lipinski definition) is 4. The number of aromatic hydroxyl groups is 3. The molecule has 0 amide bonds. The van der Waals surface area contributed by atoms with E-state index in [0.717, 1.165) is 0 Å². The zero-order valence-corrected chi connectivity index (χ0v) is 8.38. The lowest BCUT2D eigenvalue weighted by Crippen LogP contribution is -1.87. The summed E-state index contributed by atoms with van der Waals surface area (Å²) < 4.78 is 0. The lowest BCUT2D eigenvalue weighted by atomic mass is 10.0. The number of hydrogen-bond donors (Lipinski definition) is 4. The van der Waals surface area contributed by atoms with Crippen molar-refractivity contribution in [2.24, 2.45) is 0 Å². The van der Waals surface area contributed by atoms with E-state index in [1.165, 1.54) is 18.2 Å². The number of benzene rings is 2. The van der Waals surface area contributed by atoms with Gasteiger partial charge in [-0.2, -0.15) is 0 Å². The van der Waals surface area contributed by atoms with Gasteiger partial charge in [-0.25, -0.2) is 0 Å². The zero-order valence-electron chi connectivity index (χ0n) is 8.38. The first kappa shape index (κ1) is 10.2. The van der Waals surface area contributed by atoms with Crippen LogP contribution in [0, 0.1) is 0 Å². The second-order valence-corrected chi connectivity index (χ2v) is 3.45. The number of nitrogen functional groups attached to an aromatic ring is 1. The minimum Gasteiger partial charge on any atom is -0.507 e. The zero-order chi connectivity index (χ0) is 11.7. The normalized spacial score (nSPS) is 10.2. The van der Waals surface area contributed by atoms with Gasteiger partial charge in [0, 0.05) is 22.9 Å². The lowest BCUT2D eigenvalue weighted by Gasteiger charge is -2.09. The fourth-order valence-electron chi connectivity index (χ4n) is 1.55. The third-order valence-corrected chi connectivity index (χ3v) is 2.31. The van der Waals surface area contributed by atoms with E-state index in [9.17, 15) is 15.3 Å². The van der Waals surface area contributed by atoms with Gasteiger partial charge in [0.15, 0.2) is 11.5 Å². The summed E-state index contributed by atoms with van der Waals surface area (Å²) in [6.07, 6.45) is 0. The van der Waals surface area contributed by atoms with Crippen molar-refractivity contribution in [1.29, 1.82) is 0 Å². The van der Waals surface area contributed by atoms with E-state index in [2.05, 4.69) is 0 Å². The molecule has 0 unspecified atom stereocenters. The summed E-state index contributed by atoms with van der Waals surface area (Å²) in [6, 6.07) is 9.25. The molecular weight excluding hydrogens is 206 g/mol. The maximum absolute atomic E-state index is 9.68. The number of para-hydroxylation sites is 1. The highest BCUT2D eigenvalue weighted by molar-refractivity contribution is 5.80. The van der Waals surface area contributed by atoms with Gasteiger partial charge in [0.05, 0.1) is 0 Å². The second-order valence-electron chi connectivity index (χ2n) is 3.45. The maximum Gasteiger partial charge on any atom is 0.165 e. The Balaban J connectivity index is 2.69. The molecule has 0 atom stereocenters. The Kier molecular flexibility index (Phi) is 2.32. The van der Waals surface area contributed by atoms with Gasteiger partial charge < -0.3 is 21.1 Å². The summed E-state index contributed by atoms with van der Waals surface area (Å²) >= 11 is 0. The van der Waals surface area contributed by atoms with Gasteiger partial charge >= 0.3 is 0 Å². The highest BCUT2D eigenvalue weighted by Crippen LogP contribution is 2.41. The Labute approximate surface area is 92.2 Å². The Morgan fingerprint density at radius 1 is 0.812 bits per heavy atom. The van der Waals surface area contributed by atoms with E-state index in [4.69, 9.17) is 5.73 Å². The molecule has 0 fully saturated rings. The van der Waals surface area contributed by atoms with E-state index < -0.39 is 0 Å². The Morgan fingerprint density at radius 2 is 1.50 bits per heavy atom. The molecule has 0 spiro atoms. The molecule has 2 rings (SSSR count). The Morgan fingerprint density at radius 3 is 2.19 bits per heavy atom. The van der Waals surface area contributed by atoms with Gasteiger partial charge in [0.2, 0.25) is 0 Å². The number of nitrogens with two attached hydrogens (primary N) is 1. The highest BCUT2D eigenvalue weighted by Gasteiger charge is 2.12. The van der Waals surface area contributed by atoms with Gasteiger partial charge in [0.1, 0.15) is 5.75 Å². The van der Waals surface area contributed by atoms with Crippen LogP contribution in [-0.4, -0.2) is 15.3 Å². The Hall–Kier alpha value is -2.36. The first-order valence-electron chi connectivity index (χ1n) is 4.69.